The third kappa shape index (κ3) is 3.54. The summed E-state index contributed by atoms with van der Waals surface area (Å²) in [5.74, 6) is -0.612. The van der Waals surface area contributed by atoms with Crippen molar-refractivity contribution in [3.63, 3.8) is 0 Å². The second-order valence-electron chi connectivity index (χ2n) is 5.86. The Hall–Kier alpha value is -2.14. The van der Waals surface area contributed by atoms with Crippen molar-refractivity contribution in [2.45, 2.75) is 32.4 Å². The van der Waals surface area contributed by atoms with Crippen LogP contribution in [0.25, 0.3) is 0 Å². The molecule has 0 fully saturated rings. The maximum absolute atomic E-state index is 12.9. The van der Waals surface area contributed by atoms with E-state index < -0.39 is 5.60 Å². The lowest BCUT2D eigenvalue weighted by Gasteiger charge is -2.24. The Balaban J connectivity index is 2.06. The molecule has 2 aromatic rings. The van der Waals surface area contributed by atoms with E-state index >= 15 is 0 Å². The number of hydrogen-bond donors (Lipinski definition) is 2. The standard InChI is InChI=1S/C17H21FN2O2/c1-12(2)20-10-4-5-15(20)16(21)19-11-17(3,22)13-6-8-14(18)9-7-13/h4-10,12,22H,11H2,1-3H3,(H,19,21). The molecule has 0 saturated carbocycles. The fourth-order valence-corrected chi connectivity index (χ4v) is 2.29. The molecule has 2 rings (SSSR count). The Morgan fingerprint density at radius 2 is 1.95 bits per heavy atom. The van der Waals surface area contributed by atoms with Gasteiger partial charge in [-0.05, 0) is 50.6 Å². The first-order valence-electron chi connectivity index (χ1n) is 7.25. The largest absolute Gasteiger partial charge is 0.384 e. The molecule has 1 amide bonds. The summed E-state index contributed by atoms with van der Waals surface area (Å²) in [7, 11) is 0. The molecular formula is C17H21FN2O2. The fourth-order valence-electron chi connectivity index (χ4n) is 2.29. The molecule has 4 nitrogen and oxygen atoms in total. The monoisotopic (exact) mass is 304 g/mol. The van der Waals surface area contributed by atoms with E-state index in [1.54, 1.807) is 13.0 Å². The van der Waals surface area contributed by atoms with Gasteiger partial charge in [0.1, 0.15) is 17.1 Å². The Bertz CT molecular complexity index is 645. The third-order valence-corrected chi connectivity index (χ3v) is 3.63. The smallest absolute Gasteiger partial charge is 0.268 e. The van der Waals surface area contributed by atoms with Crippen molar-refractivity contribution in [1.29, 1.82) is 0 Å². The molecule has 1 heterocycles. The summed E-state index contributed by atoms with van der Waals surface area (Å²) in [5, 5.41) is 13.2. The van der Waals surface area contributed by atoms with Crippen molar-refractivity contribution in [2.75, 3.05) is 6.54 Å². The second-order valence-corrected chi connectivity index (χ2v) is 5.86. The van der Waals surface area contributed by atoms with Crippen LogP contribution < -0.4 is 5.32 Å². The number of rotatable bonds is 5. The van der Waals surface area contributed by atoms with Gasteiger partial charge in [-0.1, -0.05) is 12.1 Å². The zero-order chi connectivity index (χ0) is 16.3. The topological polar surface area (TPSA) is 54.3 Å². The van der Waals surface area contributed by atoms with Crippen molar-refractivity contribution in [1.82, 2.24) is 9.88 Å². The highest BCUT2D eigenvalue weighted by molar-refractivity contribution is 5.92. The predicted octanol–water partition coefficient (Wildman–Crippen LogP) is 2.85. The van der Waals surface area contributed by atoms with Crippen LogP contribution in [0.4, 0.5) is 4.39 Å². The van der Waals surface area contributed by atoms with Gasteiger partial charge >= 0.3 is 0 Å². The highest BCUT2D eigenvalue weighted by Crippen LogP contribution is 2.20. The van der Waals surface area contributed by atoms with E-state index in [1.807, 2.05) is 30.7 Å². The summed E-state index contributed by atoms with van der Waals surface area (Å²) in [6, 6.07) is 9.32. The summed E-state index contributed by atoms with van der Waals surface area (Å²) in [4.78, 5) is 12.3. The van der Waals surface area contributed by atoms with Gasteiger partial charge in [0.25, 0.3) is 5.91 Å². The molecule has 0 spiro atoms. The van der Waals surface area contributed by atoms with E-state index in [4.69, 9.17) is 0 Å². The van der Waals surface area contributed by atoms with Crippen LogP contribution in [0.5, 0.6) is 0 Å². The van der Waals surface area contributed by atoms with Crippen molar-refractivity contribution in [3.05, 3.63) is 59.7 Å². The van der Waals surface area contributed by atoms with Gasteiger partial charge in [0.05, 0.1) is 6.54 Å². The first kappa shape index (κ1) is 16.2. The molecule has 2 N–H and O–H groups in total. The molecule has 0 aliphatic rings. The van der Waals surface area contributed by atoms with Gasteiger partial charge in [0.15, 0.2) is 0 Å². The van der Waals surface area contributed by atoms with E-state index in [9.17, 15) is 14.3 Å². The number of hydrogen-bond acceptors (Lipinski definition) is 2. The van der Waals surface area contributed by atoms with E-state index in [2.05, 4.69) is 5.32 Å². The molecule has 22 heavy (non-hydrogen) atoms. The van der Waals surface area contributed by atoms with E-state index in [1.165, 1.54) is 24.3 Å². The van der Waals surface area contributed by atoms with Crippen LogP contribution in [0.3, 0.4) is 0 Å². The molecular weight excluding hydrogens is 283 g/mol. The van der Waals surface area contributed by atoms with Crippen LogP contribution in [0.15, 0.2) is 42.6 Å². The minimum atomic E-state index is -1.27. The average molecular weight is 304 g/mol. The third-order valence-electron chi connectivity index (χ3n) is 3.63. The number of benzene rings is 1. The summed E-state index contributed by atoms with van der Waals surface area (Å²) in [6.45, 7) is 5.61. The number of aliphatic hydroxyl groups is 1. The molecule has 0 aliphatic carbocycles. The van der Waals surface area contributed by atoms with Gasteiger partial charge < -0.3 is 15.0 Å². The molecule has 5 heteroatoms. The van der Waals surface area contributed by atoms with Crippen LogP contribution >= 0.6 is 0 Å². The minimum absolute atomic E-state index is 0.0424. The number of halogens is 1. The Kier molecular flexibility index (Phi) is 4.66. The summed E-state index contributed by atoms with van der Waals surface area (Å²) in [6.07, 6.45) is 1.84. The Labute approximate surface area is 129 Å². The molecule has 1 atom stereocenters. The van der Waals surface area contributed by atoms with Crippen LogP contribution in [0, 0.1) is 5.82 Å². The summed E-state index contributed by atoms with van der Waals surface area (Å²) in [5.41, 5.74) is -0.170. The molecule has 0 bridgehead atoms. The summed E-state index contributed by atoms with van der Waals surface area (Å²) < 4.78 is 14.8. The summed E-state index contributed by atoms with van der Waals surface area (Å²) >= 11 is 0. The van der Waals surface area contributed by atoms with E-state index in [-0.39, 0.29) is 24.3 Å². The number of nitrogens with one attached hydrogen (secondary N) is 1. The van der Waals surface area contributed by atoms with Crippen molar-refractivity contribution < 1.29 is 14.3 Å². The molecule has 0 aliphatic heterocycles. The van der Waals surface area contributed by atoms with Gasteiger partial charge in [-0.15, -0.1) is 0 Å². The lowest BCUT2D eigenvalue weighted by atomic mass is 9.96. The predicted molar refractivity (Wildman–Crippen MR) is 83.1 cm³/mol. The minimum Gasteiger partial charge on any atom is -0.384 e. The lowest BCUT2D eigenvalue weighted by Crippen LogP contribution is -2.39. The number of amides is 1. The quantitative estimate of drug-likeness (QED) is 0.892. The lowest BCUT2D eigenvalue weighted by molar-refractivity contribution is 0.0523. The molecule has 118 valence electrons. The maximum Gasteiger partial charge on any atom is 0.268 e. The van der Waals surface area contributed by atoms with Crippen LogP contribution in [-0.4, -0.2) is 22.1 Å². The van der Waals surface area contributed by atoms with Crippen molar-refractivity contribution >= 4 is 5.91 Å². The molecule has 1 aromatic carbocycles. The van der Waals surface area contributed by atoms with Gasteiger partial charge in [0, 0.05) is 12.2 Å². The van der Waals surface area contributed by atoms with E-state index in [0.29, 0.717) is 11.3 Å². The number of aromatic nitrogens is 1. The Morgan fingerprint density at radius 3 is 2.55 bits per heavy atom. The van der Waals surface area contributed by atoms with Crippen LogP contribution in [0.2, 0.25) is 0 Å². The highest BCUT2D eigenvalue weighted by atomic mass is 19.1. The van der Waals surface area contributed by atoms with Gasteiger partial charge in [0.2, 0.25) is 0 Å². The molecule has 1 aromatic heterocycles. The van der Waals surface area contributed by atoms with Gasteiger partial charge in [-0.2, -0.15) is 0 Å². The fraction of sp³-hybridized carbons (Fsp3) is 0.353. The Morgan fingerprint density at radius 1 is 1.32 bits per heavy atom. The maximum atomic E-state index is 12.9. The first-order chi connectivity index (χ1) is 10.3. The first-order valence-corrected chi connectivity index (χ1v) is 7.25. The number of carbonyl (C=O) groups is 1. The number of nitrogens with zero attached hydrogens (tertiary/aromatic N) is 1. The average Bonchev–Trinajstić information content (AvgIpc) is 2.95. The second kappa shape index (κ2) is 6.32. The number of carbonyl (C=O) groups excluding carboxylic acids is 1. The van der Waals surface area contributed by atoms with E-state index in [0.717, 1.165) is 0 Å². The normalized spacial score (nSPS) is 13.9. The van der Waals surface area contributed by atoms with Crippen LogP contribution in [0.1, 0.15) is 42.9 Å². The van der Waals surface area contributed by atoms with Crippen molar-refractivity contribution in [3.8, 4) is 0 Å². The van der Waals surface area contributed by atoms with Crippen molar-refractivity contribution in [2.24, 2.45) is 0 Å². The highest BCUT2D eigenvalue weighted by Gasteiger charge is 2.24. The molecule has 0 radical (unpaired) electrons. The van der Waals surface area contributed by atoms with Gasteiger partial charge in [-0.25, -0.2) is 4.39 Å². The zero-order valence-corrected chi connectivity index (χ0v) is 13.0. The zero-order valence-electron chi connectivity index (χ0n) is 13.0. The van der Waals surface area contributed by atoms with Crippen LogP contribution in [-0.2, 0) is 5.60 Å². The van der Waals surface area contributed by atoms with Gasteiger partial charge in [-0.3, -0.25) is 4.79 Å². The molecule has 1 unspecified atom stereocenters. The SMILES string of the molecule is CC(C)n1cccc1C(=O)NCC(C)(O)c1ccc(F)cc1. The molecule has 0 saturated heterocycles.